The van der Waals surface area contributed by atoms with Gasteiger partial charge in [0.05, 0.1) is 8.99 Å². The van der Waals surface area contributed by atoms with E-state index in [1.807, 2.05) is 48.5 Å². The second kappa shape index (κ2) is 7.64. The summed E-state index contributed by atoms with van der Waals surface area (Å²) in [6, 6.07) is 22.4. The molecule has 0 unspecified atom stereocenters. The fourth-order valence-corrected chi connectivity index (χ4v) is 7.08. The number of benzene rings is 5. The van der Waals surface area contributed by atoms with Crippen LogP contribution in [0, 0.1) is 7.14 Å². The lowest BCUT2D eigenvalue weighted by Gasteiger charge is -2.40. The first kappa shape index (κ1) is 21.8. The van der Waals surface area contributed by atoms with E-state index >= 15 is 0 Å². The Labute approximate surface area is 223 Å². The summed E-state index contributed by atoms with van der Waals surface area (Å²) in [5.74, 6) is 1.86. The molecule has 168 valence electrons. The smallest absolute Gasteiger partial charge is 0.133 e. The average molecular weight is 672 g/mol. The summed E-state index contributed by atoms with van der Waals surface area (Å²) < 4.78 is 8.19. The fourth-order valence-electron chi connectivity index (χ4n) is 5.24. The van der Waals surface area contributed by atoms with Crippen molar-refractivity contribution in [1.29, 1.82) is 0 Å². The molecule has 0 spiro atoms. The highest BCUT2D eigenvalue weighted by Gasteiger charge is 2.44. The van der Waals surface area contributed by atoms with E-state index in [9.17, 15) is 15.3 Å². The van der Waals surface area contributed by atoms with Gasteiger partial charge in [0.2, 0.25) is 0 Å². The minimum absolute atomic E-state index is 0.158. The minimum atomic E-state index is -0.852. The highest BCUT2D eigenvalue weighted by molar-refractivity contribution is 14.1. The van der Waals surface area contributed by atoms with E-state index in [4.69, 9.17) is 4.74 Å². The third kappa shape index (κ3) is 3.07. The SMILES string of the molecule is CC1(c2cc(I)cc(I)c2O)c2c(ccc3ccc(O)cc23)Oc2ccc3ccc(O)cc3c21. The molecule has 5 aromatic carbocycles. The molecule has 6 rings (SSSR count). The molecule has 0 amide bonds. The van der Waals surface area contributed by atoms with Crippen molar-refractivity contribution in [3.05, 3.63) is 96.6 Å². The molecule has 5 aromatic rings. The number of halogens is 2. The van der Waals surface area contributed by atoms with E-state index in [0.29, 0.717) is 11.5 Å². The van der Waals surface area contributed by atoms with Crippen molar-refractivity contribution in [1.82, 2.24) is 0 Å². The highest BCUT2D eigenvalue weighted by Crippen LogP contribution is 2.58. The molecular weight excluding hydrogens is 654 g/mol. The van der Waals surface area contributed by atoms with Crippen molar-refractivity contribution in [3.8, 4) is 28.7 Å². The summed E-state index contributed by atoms with van der Waals surface area (Å²) in [6.45, 7) is 2.08. The van der Waals surface area contributed by atoms with Gasteiger partial charge in [0, 0.05) is 20.3 Å². The van der Waals surface area contributed by atoms with Crippen LogP contribution in [0.1, 0.15) is 23.6 Å². The van der Waals surface area contributed by atoms with Crippen LogP contribution < -0.4 is 4.74 Å². The lowest BCUT2D eigenvalue weighted by Crippen LogP contribution is -2.30. The molecule has 0 saturated carbocycles. The van der Waals surface area contributed by atoms with Crippen molar-refractivity contribution in [3.63, 3.8) is 0 Å². The van der Waals surface area contributed by atoms with E-state index in [2.05, 4.69) is 52.1 Å². The number of phenolic OH excluding ortho intramolecular Hbond substituents is 3. The molecule has 0 saturated heterocycles. The van der Waals surface area contributed by atoms with E-state index < -0.39 is 5.41 Å². The minimum Gasteiger partial charge on any atom is -0.508 e. The summed E-state index contributed by atoms with van der Waals surface area (Å²) in [7, 11) is 0. The molecule has 0 aromatic heterocycles. The highest BCUT2D eigenvalue weighted by atomic mass is 127. The number of aromatic hydroxyl groups is 3. The van der Waals surface area contributed by atoms with E-state index in [0.717, 1.165) is 45.4 Å². The van der Waals surface area contributed by atoms with Gasteiger partial charge in [-0.25, -0.2) is 0 Å². The van der Waals surface area contributed by atoms with Crippen LogP contribution in [0.3, 0.4) is 0 Å². The van der Waals surface area contributed by atoms with E-state index in [-0.39, 0.29) is 17.2 Å². The Morgan fingerprint density at radius 3 is 1.71 bits per heavy atom. The summed E-state index contributed by atoms with van der Waals surface area (Å²) in [5, 5.41) is 35.8. The van der Waals surface area contributed by atoms with Crippen LogP contribution in [0.2, 0.25) is 0 Å². The first-order valence-electron chi connectivity index (χ1n) is 10.7. The van der Waals surface area contributed by atoms with Gasteiger partial charge < -0.3 is 20.1 Å². The predicted octanol–water partition coefficient (Wildman–Crippen LogP) is 7.78. The van der Waals surface area contributed by atoms with Crippen LogP contribution in [0.25, 0.3) is 21.5 Å². The van der Waals surface area contributed by atoms with Crippen molar-refractivity contribution < 1.29 is 20.1 Å². The number of hydrogen-bond donors (Lipinski definition) is 3. The molecule has 0 aliphatic carbocycles. The summed E-state index contributed by atoms with van der Waals surface area (Å²) in [5.41, 5.74) is 1.60. The van der Waals surface area contributed by atoms with Gasteiger partial charge in [-0.05, 0) is 122 Å². The van der Waals surface area contributed by atoms with Crippen LogP contribution in [-0.4, -0.2) is 15.3 Å². The van der Waals surface area contributed by atoms with Crippen molar-refractivity contribution in [2.45, 2.75) is 12.3 Å². The Kier molecular flexibility index (Phi) is 4.90. The molecule has 0 bridgehead atoms. The third-order valence-corrected chi connectivity index (χ3v) is 8.17. The fraction of sp³-hybridized carbons (Fsp3) is 0.0714. The van der Waals surface area contributed by atoms with E-state index in [1.54, 1.807) is 24.3 Å². The zero-order valence-corrected chi connectivity index (χ0v) is 22.2. The summed E-state index contributed by atoms with van der Waals surface area (Å²) in [4.78, 5) is 0. The Balaban J connectivity index is 1.86. The molecule has 0 fully saturated rings. The lowest BCUT2D eigenvalue weighted by atomic mass is 9.66. The average Bonchev–Trinajstić information content (AvgIpc) is 2.80. The second-order valence-electron chi connectivity index (χ2n) is 8.70. The van der Waals surface area contributed by atoms with Crippen LogP contribution in [0.15, 0.2) is 72.8 Å². The van der Waals surface area contributed by atoms with Gasteiger partial charge >= 0.3 is 0 Å². The Bertz CT molecular complexity index is 1570. The first-order valence-corrected chi connectivity index (χ1v) is 12.8. The monoisotopic (exact) mass is 672 g/mol. The van der Waals surface area contributed by atoms with Gasteiger partial charge in [0.25, 0.3) is 0 Å². The number of fused-ring (bicyclic) bond motifs is 6. The molecule has 1 heterocycles. The molecule has 4 nitrogen and oxygen atoms in total. The first-order chi connectivity index (χ1) is 16.3. The Morgan fingerprint density at radius 2 is 1.18 bits per heavy atom. The molecule has 34 heavy (non-hydrogen) atoms. The largest absolute Gasteiger partial charge is 0.508 e. The topological polar surface area (TPSA) is 69.9 Å². The van der Waals surface area contributed by atoms with Gasteiger partial charge in [-0.1, -0.05) is 24.3 Å². The molecule has 1 aliphatic heterocycles. The van der Waals surface area contributed by atoms with Gasteiger partial charge in [-0.3, -0.25) is 0 Å². The number of hydrogen-bond acceptors (Lipinski definition) is 4. The molecule has 6 heteroatoms. The third-order valence-electron chi connectivity index (χ3n) is 6.72. The Morgan fingerprint density at radius 1 is 0.676 bits per heavy atom. The maximum atomic E-state index is 11.4. The van der Waals surface area contributed by atoms with Crippen LogP contribution in [-0.2, 0) is 5.41 Å². The van der Waals surface area contributed by atoms with Gasteiger partial charge in [0.15, 0.2) is 0 Å². The van der Waals surface area contributed by atoms with Crippen LogP contribution >= 0.6 is 45.2 Å². The quantitative estimate of drug-likeness (QED) is 0.159. The second-order valence-corrected chi connectivity index (χ2v) is 11.1. The maximum Gasteiger partial charge on any atom is 0.133 e. The summed E-state index contributed by atoms with van der Waals surface area (Å²) >= 11 is 4.43. The number of phenols is 3. The van der Waals surface area contributed by atoms with Crippen molar-refractivity contribution in [2.75, 3.05) is 0 Å². The van der Waals surface area contributed by atoms with Gasteiger partial charge in [0.1, 0.15) is 28.7 Å². The Hall–Kier alpha value is -2.72. The zero-order chi connectivity index (χ0) is 23.8. The standard InChI is InChI=1S/C28H18I2O4/c1-28(21-10-16(29)11-22(30)27(21)33)25-19-12-17(31)6-2-14(19)4-8-23(25)34-24-9-5-15-3-7-18(32)13-20(15)26(24)28/h2-13,31-33H,1H3. The maximum absolute atomic E-state index is 11.4. The predicted molar refractivity (Wildman–Crippen MR) is 150 cm³/mol. The normalized spacial score (nSPS) is 14.0. The summed E-state index contributed by atoms with van der Waals surface area (Å²) in [6.07, 6.45) is 0. The molecule has 0 atom stereocenters. The molecule has 3 N–H and O–H groups in total. The van der Waals surface area contributed by atoms with Crippen molar-refractivity contribution in [2.24, 2.45) is 0 Å². The molecule has 1 aliphatic rings. The van der Waals surface area contributed by atoms with Crippen LogP contribution in [0.4, 0.5) is 0 Å². The number of ether oxygens (including phenoxy) is 1. The van der Waals surface area contributed by atoms with Crippen molar-refractivity contribution >= 4 is 66.7 Å². The molecular formula is C28H18I2O4. The van der Waals surface area contributed by atoms with Gasteiger partial charge in [-0.15, -0.1) is 0 Å². The van der Waals surface area contributed by atoms with E-state index in [1.165, 1.54) is 0 Å². The zero-order valence-electron chi connectivity index (χ0n) is 17.9. The van der Waals surface area contributed by atoms with Crippen LogP contribution in [0.5, 0.6) is 28.7 Å². The number of rotatable bonds is 1. The van der Waals surface area contributed by atoms with Gasteiger partial charge in [-0.2, -0.15) is 0 Å². The molecule has 0 radical (unpaired) electrons. The lowest BCUT2D eigenvalue weighted by molar-refractivity contribution is 0.417.